The summed E-state index contributed by atoms with van der Waals surface area (Å²) in [6.45, 7) is 1.51. The van der Waals surface area contributed by atoms with Gasteiger partial charge in [0.2, 0.25) is 0 Å². The predicted octanol–water partition coefficient (Wildman–Crippen LogP) is 4.83. The van der Waals surface area contributed by atoms with E-state index in [0.717, 1.165) is 30.8 Å². The summed E-state index contributed by atoms with van der Waals surface area (Å²) in [5.41, 5.74) is 1.98. The second-order valence-electron chi connectivity index (χ2n) is 7.22. The molecule has 156 valence electrons. The third-order valence-electron chi connectivity index (χ3n) is 5.11. The fourth-order valence-corrected chi connectivity index (χ4v) is 3.77. The highest BCUT2D eigenvalue weighted by Crippen LogP contribution is 2.26. The molecule has 6 nitrogen and oxygen atoms in total. The summed E-state index contributed by atoms with van der Waals surface area (Å²) in [6.07, 6.45) is 1.95. The lowest BCUT2D eigenvalue weighted by Crippen LogP contribution is -2.37. The van der Waals surface area contributed by atoms with Crippen LogP contribution in [0.2, 0.25) is 5.02 Å². The van der Waals surface area contributed by atoms with Crippen molar-refractivity contribution in [3.05, 3.63) is 70.9 Å². The van der Waals surface area contributed by atoms with E-state index >= 15 is 0 Å². The smallest absolute Gasteiger partial charge is 0.255 e. The van der Waals surface area contributed by atoms with Crippen molar-refractivity contribution in [3.63, 3.8) is 0 Å². The quantitative estimate of drug-likeness (QED) is 0.541. The first-order valence-electron chi connectivity index (χ1n) is 9.89. The number of hydrogen-bond acceptors (Lipinski definition) is 5. The Morgan fingerprint density at radius 1 is 1.23 bits per heavy atom. The Bertz CT molecular complexity index is 1010. The zero-order valence-electron chi connectivity index (χ0n) is 16.7. The standard InChI is InChI=1S/C23H23ClN2O4/c1-28-18-7-4-6-16(12-18)22-13-17(25-30-22)14-26(15-19-8-5-11-29-19)23(27)20-9-2-3-10-21(20)24/h2-4,6-7,9-10,12-13,19H,5,8,11,14-15H2,1H3. The molecule has 1 aromatic heterocycles. The Balaban J connectivity index is 1.56. The van der Waals surface area contributed by atoms with Gasteiger partial charge in [0.1, 0.15) is 11.4 Å². The zero-order valence-corrected chi connectivity index (χ0v) is 17.5. The van der Waals surface area contributed by atoms with Crippen LogP contribution in [-0.2, 0) is 11.3 Å². The summed E-state index contributed by atoms with van der Waals surface area (Å²) < 4.78 is 16.6. The summed E-state index contributed by atoms with van der Waals surface area (Å²) >= 11 is 6.27. The van der Waals surface area contributed by atoms with Gasteiger partial charge in [-0.2, -0.15) is 0 Å². The molecule has 0 aliphatic carbocycles. The third-order valence-corrected chi connectivity index (χ3v) is 5.44. The number of nitrogens with zero attached hydrogens (tertiary/aromatic N) is 2. The molecule has 1 amide bonds. The highest BCUT2D eigenvalue weighted by atomic mass is 35.5. The molecule has 2 heterocycles. The van der Waals surface area contributed by atoms with E-state index in [1.807, 2.05) is 36.4 Å². The number of hydrogen-bond donors (Lipinski definition) is 0. The molecule has 0 N–H and O–H groups in total. The largest absolute Gasteiger partial charge is 0.497 e. The minimum Gasteiger partial charge on any atom is -0.497 e. The minimum absolute atomic E-state index is 0.0150. The number of amides is 1. The average molecular weight is 427 g/mol. The normalized spacial score (nSPS) is 15.9. The van der Waals surface area contributed by atoms with Crippen LogP contribution in [0.15, 0.2) is 59.1 Å². The first kappa shape index (κ1) is 20.4. The van der Waals surface area contributed by atoms with Crippen LogP contribution in [0, 0.1) is 0 Å². The first-order valence-corrected chi connectivity index (χ1v) is 10.3. The average Bonchev–Trinajstić information content (AvgIpc) is 3.45. The number of methoxy groups -OCH3 is 1. The van der Waals surface area contributed by atoms with E-state index in [2.05, 4.69) is 5.16 Å². The lowest BCUT2D eigenvalue weighted by Gasteiger charge is -2.25. The van der Waals surface area contributed by atoms with E-state index < -0.39 is 0 Å². The van der Waals surface area contributed by atoms with Crippen LogP contribution in [0.3, 0.4) is 0 Å². The van der Waals surface area contributed by atoms with Crippen molar-refractivity contribution >= 4 is 17.5 Å². The lowest BCUT2D eigenvalue weighted by molar-refractivity contribution is 0.0502. The van der Waals surface area contributed by atoms with Crippen molar-refractivity contribution in [2.24, 2.45) is 0 Å². The molecule has 1 fully saturated rings. The maximum Gasteiger partial charge on any atom is 0.255 e. The number of benzene rings is 2. The number of carbonyl (C=O) groups excluding carboxylic acids is 1. The fraction of sp³-hybridized carbons (Fsp3) is 0.304. The van der Waals surface area contributed by atoms with Crippen molar-refractivity contribution in [2.45, 2.75) is 25.5 Å². The minimum atomic E-state index is -0.151. The van der Waals surface area contributed by atoms with Crippen molar-refractivity contribution < 1.29 is 18.8 Å². The maximum absolute atomic E-state index is 13.2. The molecule has 4 rings (SSSR count). The molecular formula is C23H23ClN2O4. The molecule has 0 saturated carbocycles. The van der Waals surface area contributed by atoms with Gasteiger partial charge in [-0.25, -0.2) is 0 Å². The summed E-state index contributed by atoms with van der Waals surface area (Å²) in [4.78, 5) is 15.0. The summed E-state index contributed by atoms with van der Waals surface area (Å²) in [5, 5.41) is 4.61. The van der Waals surface area contributed by atoms with Crippen molar-refractivity contribution in [1.29, 1.82) is 0 Å². The highest BCUT2D eigenvalue weighted by Gasteiger charge is 2.25. The van der Waals surface area contributed by atoms with Crippen LogP contribution in [0.5, 0.6) is 5.75 Å². The highest BCUT2D eigenvalue weighted by molar-refractivity contribution is 6.33. The van der Waals surface area contributed by atoms with E-state index in [9.17, 15) is 4.79 Å². The number of ether oxygens (including phenoxy) is 2. The SMILES string of the molecule is COc1cccc(-c2cc(CN(CC3CCCO3)C(=O)c3ccccc3Cl)no2)c1. The van der Waals surface area contributed by atoms with Gasteiger partial charge in [-0.1, -0.05) is 41.0 Å². The van der Waals surface area contributed by atoms with Crippen LogP contribution in [-0.4, -0.2) is 42.3 Å². The molecule has 1 aliphatic heterocycles. The molecule has 0 bridgehead atoms. The molecule has 1 saturated heterocycles. The number of aromatic nitrogens is 1. The van der Waals surface area contributed by atoms with Gasteiger partial charge in [0, 0.05) is 24.8 Å². The van der Waals surface area contributed by atoms with Gasteiger partial charge in [0.25, 0.3) is 5.91 Å². The van der Waals surface area contributed by atoms with Crippen molar-refractivity contribution in [3.8, 4) is 17.1 Å². The lowest BCUT2D eigenvalue weighted by atomic mass is 10.1. The van der Waals surface area contributed by atoms with Crippen LogP contribution in [0.4, 0.5) is 0 Å². The van der Waals surface area contributed by atoms with E-state index in [1.54, 1.807) is 30.2 Å². The summed E-state index contributed by atoms with van der Waals surface area (Å²) in [5.74, 6) is 1.20. The van der Waals surface area contributed by atoms with E-state index in [0.29, 0.717) is 35.1 Å². The summed E-state index contributed by atoms with van der Waals surface area (Å²) in [7, 11) is 1.62. The van der Waals surface area contributed by atoms with Crippen LogP contribution in [0.1, 0.15) is 28.9 Å². The second-order valence-corrected chi connectivity index (χ2v) is 7.62. The van der Waals surface area contributed by atoms with Gasteiger partial charge < -0.3 is 18.9 Å². The van der Waals surface area contributed by atoms with Crippen LogP contribution >= 0.6 is 11.6 Å². The van der Waals surface area contributed by atoms with Gasteiger partial charge in [-0.15, -0.1) is 0 Å². The fourth-order valence-electron chi connectivity index (χ4n) is 3.55. The molecule has 30 heavy (non-hydrogen) atoms. The van der Waals surface area contributed by atoms with Crippen LogP contribution in [0.25, 0.3) is 11.3 Å². The number of rotatable bonds is 7. The predicted molar refractivity (Wildman–Crippen MR) is 114 cm³/mol. The van der Waals surface area contributed by atoms with Gasteiger partial charge in [0.15, 0.2) is 5.76 Å². The Morgan fingerprint density at radius 3 is 2.87 bits per heavy atom. The number of carbonyl (C=O) groups is 1. The Labute approximate surface area is 180 Å². The first-order chi connectivity index (χ1) is 14.6. The van der Waals surface area contributed by atoms with E-state index in [1.165, 1.54) is 0 Å². The monoisotopic (exact) mass is 426 g/mol. The maximum atomic E-state index is 13.2. The molecule has 0 radical (unpaired) electrons. The third kappa shape index (κ3) is 4.66. The van der Waals surface area contributed by atoms with Crippen molar-refractivity contribution in [1.82, 2.24) is 10.1 Å². The van der Waals surface area contributed by atoms with Crippen molar-refractivity contribution in [2.75, 3.05) is 20.3 Å². The van der Waals surface area contributed by atoms with E-state index in [-0.39, 0.29) is 12.0 Å². The Morgan fingerprint density at radius 2 is 2.10 bits per heavy atom. The Kier molecular flexibility index (Phi) is 6.35. The molecule has 0 spiro atoms. The van der Waals surface area contributed by atoms with E-state index in [4.69, 9.17) is 25.6 Å². The topological polar surface area (TPSA) is 64.8 Å². The molecule has 1 unspecified atom stereocenters. The Hall–Kier alpha value is -2.83. The van der Waals surface area contributed by atoms with Gasteiger partial charge >= 0.3 is 0 Å². The molecule has 2 aromatic carbocycles. The van der Waals surface area contributed by atoms with Crippen LogP contribution < -0.4 is 4.74 Å². The molecule has 1 aliphatic rings. The second kappa shape index (κ2) is 9.32. The molecule has 3 aromatic rings. The zero-order chi connectivity index (χ0) is 20.9. The summed E-state index contributed by atoms with van der Waals surface area (Å²) in [6, 6.07) is 16.5. The van der Waals surface area contributed by atoms with Gasteiger partial charge in [-0.3, -0.25) is 4.79 Å². The molecule has 1 atom stereocenters. The number of halogens is 1. The molecule has 7 heteroatoms. The molecular weight excluding hydrogens is 404 g/mol. The van der Waals surface area contributed by atoms with Gasteiger partial charge in [0.05, 0.1) is 30.3 Å². The van der Waals surface area contributed by atoms with Gasteiger partial charge in [-0.05, 0) is 37.1 Å².